The normalized spacial score (nSPS) is 19.2. The highest BCUT2D eigenvalue weighted by Crippen LogP contribution is 2.27. The smallest absolute Gasteiger partial charge is 0.142 e. The largest absolute Gasteiger partial charge is 0.356 e. The minimum absolute atomic E-state index is 0.574. The van der Waals surface area contributed by atoms with Gasteiger partial charge < -0.3 is 9.88 Å². The summed E-state index contributed by atoms with van der Waals surface area (Å²) in [6, 6.07) is 2.05. The van der Waals surface area contributed by atoms with Crippen molar-refractivity contribution in [2.24, 2.45) is 5.92 Å². The third-order valence-electron chi connectivity index (χ3n) is 4.06. The number of nitrogens with zero attached hydrogens (tertiary/aromatic N) is 6. The summed E-state index contributed by atoms with van der Waals surface area (Å²) in [4.78, 5) is 18.3. The zero-order chi connectivity index (χ0) is 14.1. The van der Waals surface area contributed by atoms with Gasteiger partial charge in [-0.15, -0.1) is 0 Å². The van der Waals surface area contributed by atoms with E-state index in [1.807, 2.05) is 16.9 Å². The molecule has 0 aliphatic carbocycles. The van der Waals surface area contributed by atoms with Crippen LogP contribution in [-0.4, -0.2) is 42.8 Å². The molecular formula is C14H17N7. The van der Waals surface area contributed by atoms with Crippen LogP contribution in [0.25, 0.3) is 11.0 Å². The Labute approximate surface area is 122 Å². The van der Waals surface area contributed by atoms with Crippen LogP contribution in [0.5, 0.6) is 0 Å². The quantitative estimate of drug-likeness (QED) is 0.787. The van der Waals surface area contributed by atoms with Gasteiger partial charge in [-0.1, -0.05) is 0 Å². The van der Waals surface area contributed by atoms with Gasteiger partial charge in [0.2, 0.25) is 0 Å². The molecule has 0 radical (unpaired) electrons. The molecule has 3 aromatic heterocycles. The lowest BCUT2D eigenvalue weighted by molar-refractivity contribution is 0.351. The molecule has 7 nitrogen and oxygen atoms in total. The predicted molar refractivity (Wildman–Crippen MR) is 78.8 cm³/mol. The van der Waals surface area contributed by atoms with E-state index in [-0.39, 0.29) is 0 Å². The van der Waals surface area contributed by atoms with Gasteiger partial charge in [0, 0.05) is 25.8 Å². The van der Waals surface area contributed by atoms with Crippen LogP contribution in [0, 0.1) is 5.92 Å². The molecule has 1 fully saturated rings. The fraction of sp³-hybridized carbons (Fsp3) is 0.429. The Kier molecular flexibility index (Phi) is 3.02. The number of aromatic amines is 1. The number of nitrogens with one attached hydrogen (secondary N) is 1. The summed E-state index contributed by atoms with van der Waals surface area (Å²) >= 11 is 0. The molecule has 0 unspecified atom stereocenters. The van der Waals surface area contributed by atoms with E-state index < -0.39 is 0 Å². The van der Waals surface area contributed by atoms with Crippen molar-refractivity contribution in [3.05, 3.63) is 31.2 Å². The zero-order valence-corrected chi connectivity index (χ0v) is 11.7. The number of fused-ring (bicyclic) bond motifs is 1. The third-order valence-corrected chi connectivity index (χ3v) is 4.06. The van der Waals surface area contributed by atoms with Crippen molar-refractivity contribution in [3.63, 3.8) is 0 Å². The average Bonchev–Trinajstić information content (AvgIpc) is 3.18. The molecule has 1 N–H and O–H groups in total. The first-order chi connectivity index (χ1) is 10.4. The number of piperidine rings is 1. The number of H-pyrrole nitrogens is 1. The van der Waals surface area contributed by atoms with Crippen molar-refractivity contribution >= 4 is 16.9 Å². The van der Waals surface area contributed by atoms with Gasteiger partial charge in [-0.2, -0.15) is 5.10 Å². The molecule has 7 heteroatoms. The minimum atomic E-state index is 0.574. The first-order valence-electron chi connectivity index (χ1n) is 7.25. The highest BCUT2D eigenvalue weighted by atomic mass is 15.3. The predicted octanol–water partition coefficient (Wildman–Crippen LogP) is 1.47. The topological polar surface area (TPSA) is 75.5 Å². The molecule has 1 aliphatic rings. The second-order valence-electron chi connectivity index (χ2n) is 5.51. The van der Waals surface area contributed by atoms with Crippen LogP contribution in [0.4, 0.5) is 5.82 Å². The Morgan fingerprint density at radius 2 is 2.29 bits per heavy atom. The standard InChI is InChI=1S/C14H17N7/c1-2-11(7-21-10-15-8-19-21)6-20(5-1)14-12-3-4-16-13(12)17-9-18-14/h3-4,8-11H,1-2,5-7H2,(H,16,17,18)/t11-/m1/s1. The zero-order valence-electron chi connectivity index (χ0n) is 11.7. The van der Waals surface area contributed by atoms with Crippen LogP contribution in [0.3, 0.4) is 0 Å². The van der Waals surface area contributed by atoms with E-state index in [0.717, 1.165) is 36.5 Å². The fourth-order valence-corrected chi connectivity index (χ4v) is 3.11. The molecular weight excluding hydrogens is 266 g/mol. The van der Waals surface area contributed by atoms with Gasteiger partial charge >= 0.3 is 0 Å². The van der Waals surface area contributed by atoms with E-state index >= 15 is 0 Å². The van der Waals surface area contributed by atoms with Gasteiger partial charge in [-0.3, -0.25) is 4.68 Å². The monoisotopic (exact) mass is 283 g/mol. The van der Waals surface area contributed by atoms with Gasteiger partial charge in [0.25, 0.3) is 0 Å². The van der Waals surface area contributed by atoms with Gasteiger partial charge in [0.05, 0.1) is 5.39 Å². The summed E-state index contributed by atoms with van der Waals surface area (Å²) < 4.78 is 1.92. The summed E-state index contributed by atoms with van der Waals surface area (Å²) in [5, 5.41) is 5.30. The lowest BCUT2D eigenvalue weighted by Crippen LogP contribution is -2.37. The van der Waals surface area contributed by atoms with Gasteiger partial charge in [0.15, 0.2) is 0 Å². The molecule has 0 spiro atoms. The van der Waals surface area contributed by atoms with Crippen molar-refractivity contribution in [2.75, 3.05) is 18.0 Å². The Hall–Kier alpha value is -2.44. The highest BCUT2D eigenvalue weighted by Gasteiger charge is 2.23. The molecule has 0 aromatic carbocycles. The van der Waals surface area contributed by atoms with Gasteiger partial charge in [-0.05, 0) is 24.8 Å². The number of aromatic nitrogens is 6. The third kappa shape index (κ3) is 2.35. The van der Waals surface area contributed by atoms with E-state index in [9.17, 15) is 0 Å². The molecule has 4 heterocycles. The maximum absolute atomic E-state index is 4.49. The lowest BCUT2D eigenvalue weighted by Gasteiger charge is -2.33. The van der Waals surface area contributed by atoms with Crippen LogP contribution in [0.1, 0.15) is 12.8 Å². The van der Waals surface area contributed by atoms with Crippen LogP contribution >= 0.6 is 0 Å². The number of hydrogen-bond donors (Lipinski definition) is 1. The van der Waals surface area contributed by atoms with E-state index in [2.05, 4.69) is 29.9 Å². The lowest BCUT2D eigenvalue weighted by atomic mass is 9.98. The number of hydrogen-bond acceptors (Lipinski definition) is 5. The summed E-state index contributed by atoms with van der Waals surface area (Å²) in [5.41, 5.74) is 0.901. The molecule has 108 valence electrons. The van der Waals surface area contributed by atoms with E-state index in [1.54, 1.807) is 19.0 Å². The molecule has 4 rings (SSSR count). The van der Waals surface area contributed by atoms with Crippen molar-refractivity contribution in [2.45, 2.75) is 19.4 Å². The Bertz CT molecular complexity index is 718. The first-order valence-corrected chi connectivity index (χ1v) is 7.25. The van der Waals surface area contributed by atoms with Crippen LogP contribution < -0.4 is 4.90 Å². The van der Waals surface area contributed by atoms with E-state index in [0.29, 0.717) is 5.92 Å². The Morgan fingerprint density at radius 3 is 3.19 bits per heavy atom. The second kappa shape index (κ2) is 5.16. The summed E-state index contributed by atoms with van der Waals surface area (Å²) in [6.07, 6.45) is 9.32. The molecule has 1 saturated heterocycles. The summed E-state index contributed by atoms with van der Waals surface area (Å²) in [5.74, 6) is 1.61. The number of rotatable bonds is 3. The minimum Gasteiger partial charge on any atom is -0.356 e. The van der Waals surface area contributed by atoms with E-state index in [4.69, 9.17) is 0 Å². The Balaban J connectivity index is 1.56. The van der Waals surface area contributed by atoms with Crippen molar-refractivity contribution in [3.8, 4) is 0 Å². The molecule has 0 amide bonds. The molecule has 3 aromatic rings. The molecule has 0 saturated carbocycles. The molecule has 1 atom stereocenters. The van der Waals surface area contributed by atoms with Crippen LogP contribution in [0.15, 0.2) is 31.2 Å². The molecule has 0 bridgehead atoms. The van der Waals surface area contributed by atoms with Crippen molar-refractivity contribution in [1.82, 2.24) is 29.7 Å². The van der Waals surface area contributed by atoms with Gasteiger partial charge in [0.1, 0.15) is 30.4 Å². The SMILES string of the molecule is c1nc(N2CCC[C@@H](Cn3cncn3)C2)c2cc[nH]c2n1. The van der Waals surface area contributed by atoms with E-state index in [1.165, 1.54) is 12.8 Å². The highest BCUT2D eigenvalue weighted by molar-refractivity contribution is 5.87. The maximum atomic E-state index is 4.49. The second-order valence-corrected chi connectivity index (χ2v) is 5.51. The average molecular weight is 283 g/mol. The molecule has 1 aliphatic heterocycles. The van der Waals surface area contributed by atoms with Crippen LogP contribution in [-0.2, 0) is 6.54 Å². The molecule has 21 heavy (non-hydrogen) atoms. The van der Waals surface area contributed by atoms with Gasteiger partial charge in [-0.25, -0.2) is 15.0 Å². The van der Waals surface area contributed by atoms with Crippen LogP contribution in [0.2, 0.25) is 0 Å². The summed E-state index contributed by atoms with van der Waals surface area (Å²) in [6.45, 7) is 2.96. The van der Waals surface area contributed by atoms with Crippen molar-refractivity contribution < 1.29 is 0 Å². The fourth-order valence-electron chi connectivity index (χ4n) is 3.11. The first kappa shape index (κ1) is 12.3. The number of anilines is 1. The van der Waals surface area contributed by atoms with Crippen molar-refractivity contribution in [1.29, 1.82) is 0 Å². The summed E-state index contributed by atoms with van der Waals surface area (Å²) in [7, 11) is 0. The Morgan fingerprint density at radius 1 is 1.29 bits per heavy atom. The maximum Gasteiger partial charge on any atom is 0.142 e.